The number of carbonyl (C=O) groups excluding carboxylic acids is 1. The van der Waals surface area contributed by atoms with E-state index in [2.05, 4.69) is 6.58 Å². The highest BCUT2D eigenvalue weighted by molar-refractivity contribution is 5.68. The summed E-state index contributed by atoms with van der Waals surface area (Å²) in [5, 5.41) is 8.85. The number of likely N-dealkylation sites (tertiary alicyclic amines) is 1. The van der Waals surface area contributed by atoms with Crippen molar-refractivity contribution in [3.8, 4) is 0 Å². The largest absolute Gasteiger partial charge is 0.445 e. The highest BCUT2D eigenvalue weighted by Gasteiger charge is 2.26. The molecule has 1 rings (SSSR count). The Morgan fingerprint density at radius 1 is 1.77 bits per heavy atom. The van der Waals surface area contributed by atoms with E-state index in [4.69, 9.17) is 9.84 Å². The number of aliphatic hydroxyl groups excluding tert-OH is 1. The van der Waals surface area contributed by atoms with Gasteiger partial charge in [0.2, 0.25) is 0 Å². The number of hydrogen-bond donors (Lipinski definition) is 1. The highest BCUT2D eigenvalue weighted by Crippen LogP contribution is 2.15. The molecule has 1 fully saturated rings. The van der Waals surface area contributed by atoms with E-state index in [1.165, 1.54) is 6.08 Å². The first-order valence-electron chi connectivity index (χ1n) is 4.41. The molecule has 0 saturated carbocycles. The Kier molecular flexibility index (Phi) is 3.76. The molecule has 1 saturated heterocycles. The number of rotatable bonds is 3. The third-order valence-corrected chi connectivity index (χ3v) is 2.13. The van der Waals surface area contributed by atoms with Crippen LogP contribution >= 0.6 is 0 Å². The van der Waals surface area contributed by atoms with E-state index in [0.717, 1.165) is 6.42 Å². The van der Waals surface area contributed by atoms with Gasteiger partial charge in [-0.3, -0.25) is 0 Å². The standard InChI is InChI=1S/C9H15NO3/c1-2-5-13-9(12)10-4-3-8(6-10)7-11/h2,8,11H,1,3-7H2/t8-/m1/s1. The zero-order valence-electron chi connectivity index (χ0n) is 7.61. The summed E-state index contributed by atoms with van der Waals surface area (Å²) >= 11 is 0. The molecule has 4 heteroatoms. The van der Waals surface area contributed by atoms with Gasteiger partial charge in [0.1, 0.15) is 6.61 Å². The molecule has 1 amide bonds. The number of hydrogen-bond acceptors (Lipinski definition) is 3. The molecule has 1 atom stereocenters. The summed E-state index contributed by atoms with van der Waals surface area (Å²) in [4.78, 5) is 12.9. The van der Waals surface area contributed by atoms with Crippen LogP contribution in [0.1, 0.15) is 6.42 Å². The minimum absolute atomic E-state index is 0.144. The van der Waals surface area contributed by atoms with Crippen molar-refractivity contribution in [1.82, 2.24) is 4.90 Å². The van der Waals surface area contributed by atoms with Crippen LogP contribution in [0.4, 0.5) is 4.79 Å². The summed E-state index contributed by atoms with van der Waals surface area (Å²) in [7, 11) is 0. The zero-order valence-corrected chi connectivity index (χ0v) is 7.61. The van der Waals surface area contributed by atoms with Crippen LogP contribution < -0.4 is 0 Å². The molecule has 13 heavy (non-hydrogen) atoms. The quantitative estimate of drug-likeness (QED) is 0.656. The lowest BCUT2D eigenvalue weighted by Gasteiger charge is -2.14. The fourth-order valence-electron chi connectivity index (χ4n) is 1.37. The number of aliphatic hydroxyl groups is 1. The second-order valence-electron chi connectivity index (χ2n) is 3.15. The summed E-state index contributed by atoms with van der Waals surface area (Å²) in [6.45, 7) is 5.13. The molecule has 0 aromatic heterocycles. The molecule has 0 aromatic rings. The molecule has 1 aliphatic heterocycles. The molecule has 0 bridgehead atoms. The molecule has 0 radical (unpaired) electrons. The molecule has 0 spiro atoms. The average molecular weight is 185 g/mol. The van der Waals surface area contributed by atoms with Crippen LogP contribution in [0.5, 0.6) is 0 Å². The molecular weight excluding hydrogens is 170 g/mol. The maximum atomic E-state index is 11.2. The first kappa shape index (κ1) is 10.1. The minimum atomic E-state index is -0.309. The van der Waals surface area contributed by atoms with E-state index in [9.17, 15) is 4.79 Å². The molecule has 0 unspecified atom stereocenters. The molecule has 1 heterocycles. The Morgan fingerprint density at radius 2 is 2.54 bits per heavy atom. The monoisotopic (exact) mass is 185 g/mol. The second kappa shape index (κ2) is 4.87. The van der Waals surface area contributed by atoms with Gasteiger partial charge in [-0.1, -0.05) is 12.7 Å². The average Bonchev–Trinajstić information content (AvgIpc) is 2.62. The van der Waals surface area contributed by atoms with Crippen LogP contribution in [0.3, 0.4) is 0 Å². The van der Waals surface area contributed by atoms with Crippen LogP contribution in [0.2, 0.25) is 0 Å². The summed E-state index contributed by atoms with van der Waals surface area (Å²) in [6, 6.07) is 0. The van der Waals surface area contributed by atoms with Crippen LogP contribution in [0, 0.1) is 5.92 Å². The third kappa shape index (κ3) is 2.73. The van der Waals surface area contributed by atoms with Crippen LogP contribution in [-0.4, -0.2) is 42.4 Å². The van der Waals surface area contributed by atoms with Gasteiger partial charge in [-0.2, -0.15) is 0 Å². The molecule has 1 N–H and O–H groups in total. The van der Waals surface area contributed by atoms with E-state index in [1.54, 1.807) is 4.90 Å². The SMILES string of the molecule is C=CCOC(=O)N1CC[C@@H](CO)C1. The molecule has 0 aromatic carbocycles. The van der Waals surface area contributed by atoms with Crippen molar-refractivity contribution in [2.45, 2.75) is 6.42 Å². The van der Waals surface area contributed by atoms with Crippen molar-refractivity contribution in [3.05, 3.63) is 12.7 Å². The fraction of sp³-hybridized carbons (Fsp3) is 0.667. The Hall–Kier alpha value is -1.03. The molecule has 1 aliphatic rings. The van der Waals surface area contributed by atoms with Crippen LogP contribution in [0.25, 0.3) is 0 Å². The van der Waals surface area contributed by atoms with Gasteiger partial charge >= 0.3 is 6.09 Å². The van der Waals surface area contributed by atoms with Gasteiger partial charge in [-0.25, -0.2) is 4.79 Å². The van der Waals surface area contributed by atoms with E-state index >= 15 is 0 Å². The zero-order chi connectivity index (χ0) is 9.68. The van der Waals surface area contributed by atoms with Gasteiger partial charge in [-0.15, -0.1) is 0 Å². The van der Waals surface area contributed by atoms with Crippen molar-refractivity contribution in [3.63, 3.8) is 0 Å². The van der Waals surface area contributed by atoms with E-state index < -0.39 is 0 Å². The maximum absolute atomic E-state index is 11.2. The predicted molar refractivity (Wildman–Crippen MR) is 48.3 cm³/mol. The van der Waals surface area contributed by atoms with E-state index in [1.807, 2.05) is 0 Å². The van der Waals surface area contributed by atoms with Crippen molar-refractivity contribution in [2.75, 3.05) is 26.3 Å². The molecular formula is C9H15NO3. The summed E-state index contributed by atoms with van der Waals surface area (Å²) in [5.41, 5.74) is 0. The van der Waals surface area contributed by atoms with Gasteiger partial charge < -0.3 is 14.7 Å². The molecule has 0 aliphatic carbocycles. The number of carbonyl (C=O) groups is 1. The topological polar surface area (TPSA) is 49.8 Å². The predicted octanol–water partition coefficient (Wildman–Crippen LogP) is 0.623. The minimum Gasteiger partial charge on any atom is -0.445 e. The van der Waals surface area contributed by atoms with E-state index in [0.29, 0.717) is 13.1 Å². The van der Waals surface area contributed by atoms with Gasteiger partial charge in [0, 0.05) is 25.6 Å². The Balaban J connectivity index is 2.28. The highest BCUT2D eigenvalue weighted by atomic mass is 16.6. The number of ether oxygens (including phenoxy) is 1. The lowest BCUT2D eigenvalue weighted by atomic mass is 10.1. The summed E-state index contributed by atoms with van der Waals surface area (Å²) in [5.74, 6) is 0.219. The lowest BCUT2D eigenvalue weighted by Crippen LogP contribution is -2.29. The normalized spacial score (nSPS) is 21.6. The first-order valence-corrected chi connectivity index (χ1v) is 4.41. The maximum Gasteiger partial charge on any atom is 0.410 e. The second-order valence-corrected chi connectivity index (χ2v) is 3.15. The van der Waals surface area contributed by atoms with Gasteiger partial charge in [0.05, 0.1) is 0 Å². The smallest absolute Gasteiger partial charge is 0.410 e. The molecule has 74 valence electrons. The molecule has 4 nitrogen and oxygen atoms in total. The van der Waals surface area contributed by atoms with Crippen LogP contribution in [-0.2, 0) is 4.74 Å². The van der Waals surface area contributed by atoms with Crippen molar-refractivity contribution < 1.29 is 14.6 Å². The fourth-order valence-corrected chi connectivity index (χ4v) is 1.37. The number of amides is 1. The summed E-state index contributed by atoms with van der Waals surface area (Å²) < 4.78 is 4.86. The van der Waals surface area contributed by atoms with Gasteiger partial charge in [0.25, 0.3) is 0 Å². The van der Waals surface area contributed by atoms with Gasteiger partial charge in [0.15, 0.2) is 0 Å². The Morgan fingerprint density at radius 3 is 3.08 bits per heavy atom. The Labute approximate surface area is 77.8 Å². The van der Waals surface area contributed by atoms with Gasteiger partial charge in [-0.05, 0) is 6.42 Å². The number of nitrogens with zero attached hydrogens (tertiary/aromatic N) is 1. The van der Waals surface area contributed by atoms with E-state index in [-0.39, 0.29) is 25.2 Å². The Bertz CT molecular complexity index is 193. The summed E-state index contributed by atoms with van der Waals surface area (Å²) in [6.07, 6.45) is 2.09. The lowest BCUT2D eigenvalue weighted by molar-refractivity contribution is 0.118. The first-order chi connectivity index (χ1) is 6.27. The third-order valence-electron chi connectivity index (χ3n) is 2.13. The van der Waals surface area contributed by atoms with Crippen molar-refractivity contribution in [1.29, 1.82) is 0 Å². The van der Waals surface area contributed by atoms with Crippen LogP contribution in [0.15, 0.2) is 12.7 Å². The van der Waals surface area contributed by atoms with Crippen molar-refractivity contribution >= 4 is 6.09 Å². The van der Waals surface area contributed by atoms with Crippen molar-refractivity contribution in [2.24, 2.45) is 5.92 Å².